The van der Waals surface area contributed by atoms with Crippen molar-refractivity contribution in [2.75, 3.05) is 16.9 Å². The van der Waals surface area contributed by atoms with Crippen LogP contribution in [0.15, 0.2) is 48.5 Å². The summed E-state index contributed by atoms with van der Waals surface area (Å²) in [6.07, 6.45) is 0. The Hall–Kier alpha value is -2.77. The van der Waals surface area contributed by atoms with Gasteiger partial charge in [-0.15, -0.1) is 0 Å². The number of esters is 1. The summed E-state index contributed by atoms with van der Waals surface area (Å²) in [5.74, 6) is -1.33. The molecule has 8 heteroatoms. The van der Waals surface area contributed by atoms with Crippen LogP contribution >= 0.6 is 23.8 Å². The molecule has 1 heterocycles. The number of anilines is 2. The minimum Gasteiger partial charge on any atom is -0.465 e. The first-order valence-corrected chi connectivity index (χ1v) is 7.90. The predicted molar refractivity (Wildman–Crippen MR) is 97.2 cm³/mol. The Bertz CT molecular complexity index is 915. The van der Waals surface area contributed by atoms with E-state index < -0.39 is 17.9 Å². The minimum atomic E-state index is -0.709. The summed E-state index contributed by atoms with van der Waals surface area (Å²) in [5, 5.41) is 0.232. The molecule has 1 aliphatic heterocycles. The highest BCUT2D eigenvalue weighted by Crippen LogP contribution is 2.33. The Balaban J connectivity index is 2.10. The van der Waals surface area contributed by atoms with Crippen molar-refractivity contribution in [3.8, 4) is 0 Å². The minimum absolute atomic E-state index is 0.120. The molecule has 2 aromatic rings. The van der Waals surface area contributed by atoms with Gasteiger partial charge in [0, 0.05) is 0 Å². The van der Waals surface area contributed by atoms with Gasteiger partial charge in [-0.1, -0.05) is 48.1 Å². The van der Waals surface area contributed by atoms with E-state index in [9.17, 15) is 14.4 Å². The summed E-state index contributed by atoms with van der Waals surface area (Å²) in [6.45, 7) is 0. The lowest BCUT2D eigenvalue weighted by Crippen LogP contribution is -2.34. The number of nitrogens with zero attached hydrogens (tertiary/aromatic N) is 2. The van der Waals surface area contributed by atoms with Crippen molar-refractivity contribution < 1.29 is 19.1 Å². The van der Waals surface area contributed by atoms with Crippen molar-refractivity contribution in [1.29, 1.82) is 0 Å². The highest BCUT2D eigenvalue weighted by atomic mass is 35.5. The van der Waals surface area contributed by atoms with Gasteiger partial charge in [0.1, 0.15) is 0 Å². The van der Waals surface area contributed by atoms with Gasteiger partial charge in [0.15, 0.2) is 4.99 Å². The van der Waals surface area contributed by atoms with E-state index in [-0.39, 0.29) is 26.9 Å². The lowest BCUT2D eigenvalue weighted by Gasteiger charge is -2.19. The Labute approximate surface area is 153 Å². The Kier molecular flexibility index (Phi) is 4.52. The van der Waals surface area contributed by atoms with Crippen molar-refractivity contribution in [1.82, 2.24) is 0 Å². The monoisotopic (exact) mass is 374 g/mol. The SMILES string of the molecule is COC(=O)c1ccccc1N1C(=O)N(c2ccccc2Cl)C(=O)C1=S. The average Bonchev–Trinajstić information content (AvgIpc) is 2.84. The quantitative estimate of drug-likeness (QED) is 0.468. The number of carbonyl (C=O) groups is 3. The zero-order valence-electron chi connectivity index (χ0n) is 12.9. The smallest absolute Gasteiger partial charge is 0.341 e. The second kappa shape index (κ2) is 6.62. The van der Waals surface area contributed by atoms with Gasteiger partial charge in [0.25, 0.3) is 5.91 Å². The molecule has 0 aromatic heterocycles. The van der Waals surface area contributed by atoms with Crippen LogP contribution in [0.3, 0.4) is 0 Å². The number of carbonyl (C=O) groups excluding carboxylic acids is 3. The van der Waals surface area contributed by atoms with Crippen molar-refractivity contribution >= 4 is 58.1 Å². The lowest BCUT2D eigenvalue weighted by atomic mass is 10.1. The van der Waals surface area contributed by atoms with Gasteiger partial charge >= 0.3 is 12.0 Å². The number of amides is 3. The third-order valence-electron chi connectivity index (χ3n) is 3.62. The van der Waals surface area contributed by atoms with E-state index in [1.807, 2.05) is 0 Å². The molecule has 0 radical (unpaired) electrons. The van der Waals surface area contributed by atoms with Crippen LogP contribution in [-0.2, 0) is 9.53 Å². The Morgan fingerprint density at radius 2 is 1.60 bits per heavy atom. The number of hydrogen-bond donors (Lipinski definition) is 0. The molecule has 0 unspecified atom stereocenters. The molecule has 0 N–H and O–H groups in total. The van der Waals surface area contributed by atoms with E-state index in [2.05, 4.69) is 0 Å². The molecule has 0 bridgehead atoms. The second-order valence-electron chi connectivity index (χ2n) is 5.02. The van der Waals surface area contributed by atoms with Gasteiger partial charge in [0.05, 0.1) is 29.1 Å². The molecule has 3 rings (SSSR count). The van der Waals surface area contributed by atoms with Crippen molar-refractivity contribution in [2.45, 2.75) is 0 Å². The maximum Gasteiger partial charge on any atom is 0.341 e. The molecule has 1 aliphatic rings. The van der Waals surface area contributed by atoms with Crippen molar-refractivity contribution in [3.05, 3.63) is 59.1 Å². The van der Waals surface area contributed by atoms with E-state index >= 15 is 0 Å². The van der Waals surface area contributed by atoms with Crippen LogP contribution in [0.1, 0.15) is 10.4 Å². The standard InChI is InChI=1S/C17H11ClN2O4S/c1-24-16(22)10-6-2-4-8-12(10)20-15(25)14(21)19(17(20)23)13-9-5-3-7-11(13)18/h2-9H,1H3. The Morgan fingerprint density at radius 1 is 1.00 bits per heavy atom. The third kappa shape index (κ3) is 2.77. The summed E-state index contributed by atoms with van der Waals surface area (Å²) in [6, 6.07) is 12.0. The van der Waals surface area contributed by atoms with Crippen molar-refractivity contribution in [3.63, 3.8) is 0 Å². The topological polar surface area (TPSA) is 66.9 Å². The first-order valence-electron chi connectivity index (χ1n) is 7.11. The third-order valence-corrected chi connectivity index (χ3v) is 4.29. The van der Waals surface area contributed by atoms with Crippen LogP contribution in [0.4, 0.5) is 16.2 Å². The fourth-order valence-electron chi connectivity index (χ4n) is 2.47. The van der Waals surface area contributed by atoms with Gasteiger partial charge in [-0.3, -0.25) is 4.79 Å². The van der Waals surface area contributed by atoms with Gasteiger partial charge in [-0.2, -0.15) is 0 Å². The predicted octanol–water partition coefficient (Wildman–Crippen LogP) is 3.43. The second-order valence-corrected chi connectivity index (χ2v) is 5.82. The molecule has 1 fully saturated rings. The molecule has 126 valence electrons. The zero-order valence-corrected chi connectivity index (χ0v) is 14.5. The summed E-state index contributed by atoms with van der Waals surface area (Å²) in [5.41, 5.74) is 0.515. The summed E-state index contributed by atoms with van der Waals surface area (Å²) < 4.78 is 4.72. The highest BCUT2D eigenvalue weighted by molar-refractivity contribution is 7.82. The fourth-order valence-corrected chi connectivity index (χ4v) is 2.96. The number of benzene rings is 2. The molecular weight excluding hydrogens is 364 g/mol. The average molecular weight is 375 g/mol. The number of urea groups is 1. The van der Waals surface area contributed by atoms with Crippen LogP contribution in [-0.4, -0.2) is 30.0 Å². The number of thiocarbonyl (C=S) groups is 1. The van der Waals surface area contributed by atoms with E-state index in [4.69, 9.17) is 28.6 Å². The fraction of sp³-hybridized carbons (Fsp3) is 0.0588. The summed E-state index contributed by atoms with van der Waals surface area (Å²) in [7, 11) is 1.23. The molecule has 0 saturated carbocycles. The molecule has 25 heavy (non-hydrogen) atoms. The van der Waals surface area contributed by atoms with Crippen LogP contribution in [0.5, 0.6) is 0 Å². The number of hydrogen-bond acceptors (Lipinski definition) is 5. The van der Waals surface area contributed by atoms with E-state index in [0.717, 1.165) is 9.80 Å². The number of ether oxygens (including phenoxy) is 1. The molecule has 3 amide bonds. The number of rotatable bonds is 3. The maximum atomic E-state index is 12.9. The molecule has 0 spiro atoms. The van der Waals surface area contributed by atoms with Crippen LogP contribution < -0.4 is 9.80 Å². The van der Waals surface area contributed by atoms with Gasteiger partial charge < -0.3 is 4.74 Å². The lowest BCUT2D eigenvalue weighted by molar-refractivity contribution is -0.111. The van der Waals surface area contributed by atoms with Crippen LogP contribution in [0.25, 0.3) is 0 Å². The van der Waals surface area contributed by atoms with Crippen LogP contribution in [0.2, 0.25) is 5.02 Å². The molecule has 0 atom stereocenters. The van der Waals surface area contributed by atoms with Crippen LogP contribution in [0, 0.1) is 0 Å². The Morgan fingerprint density at radius 3 is 2.24 bits per heavy atom. The summed E-state index contributed by atoms with van der Waals surface area (Å²) >= 11 is 11.2. The summed E-state index contributed by atoms with van der Waals surface area (Å²) in [4.78, 5) is 39.0. The van der Waals surface area contributed by atoms with Gasteiger partial charge in [-0.05, 0) is 24.3 Å². The highest BCUT2D eigenvalue weighted by Gasteiger charge is 2.45. The van der Waals surface area contributed by atoms with E-state index in [1.165, 1.54) is 25.3 Å². The maximum absolute atomic E-state index is 12.9. The van der Waals surface area contributed by atoms with Gasteiger partial charge in [-0.25, -0.2) is 19.4 Å². The molecular formula is C17H11ClN2O4S. The zero-order chi connectivity index (χ0) is 18.1. The normalized spacial score (nSPS) is 14.2. The van der Waals surface area contributed by atoms with E-state index in [0.29, 0.717) is 0 Å². The number of halogens is 1. The van der Waals surface area contributed by atoms with Crippen molar-refractivity contribution in [2.24, 2.45) is 0 Å². The molecule has 6 nitrogen and oxygen atoms in total. The largest absolute Gasteiger partial charge is 0.465 e. The number of imide groups is 1. The number of para-hydroxylation sites is 2. The number of methoxy groups -OCH3 is 1. The molecule has 0 aliphatic carbocycles. The van der Waals surface area contributed by atoms with E-state index in [1.54, 1.807) is 30.3 Å². The first-order chi connectivity index (χ1) is 12.0. The molecule has 2 aromatic carbocycles. The van der Waals surface area contributed by atoms with Gasteiger partial charge in [0.2, 0.25) is 0 Å². The first kappa shape index (κ1) is 17.1. The molecule has 1 saturated heterocycles.